The van der Waals surface area contributed by atoms with Gasteiger partial charge in [-0.3, -0.25) is 4.99 Å². The summed E-state index contributed by atoms with van der Waals surface area (Å²) < 4.78 is 0. The summed E-state index contributed by atoms with van der Waals surface area (Å²) in [6.07, 6.45) is 3.11. The maximum Gasteiger partial charge on any atom is 0.0760 e. The highest BCUT2D eigenvalue weighted by Crippen LogP contribution is 2.38. The molecule has 2 unspecified atom stereocenters. The summed E-state index contributed by atoms with van der Waals surface area (Å²) in [6.45, 7) is 6.70. The van der Waals surface area contributed by atoms with E-state index in [2.05, 4.69) is 31.8 Å². The second-order valence-corrected chi connectivity index (χ2v) is 5.92. The van der Waals surface area contributed by atoms with Gasteiger partial charge < -0.3 is 4.89 Å². The molecule has 1 aliphatic rings. The minimum absolute atomic E-state index is 0.126. The van der Waals surface area contributed by atoms with Crippen molar-refractivity contribution in [3.05, 3.63) is 23.8 Å². The zero-order valence-electron chi connectivity index (χ0n) is 9.99. The van der Waals surface area contributed by atoms with Crippen molar-refractivity contribution in [1.29, 1.82) is 0 Å². The van der Waals surface area contributed by atoms with Crippen molar-refractivity contribution in [3.63, 3.8) is 0 Å². The molecule has 2 nitrogen and oxygen atoms in total. The highest BCUT2D eigenvalue weighted by Gasteiger charge is 2.28. The fourth-order valence-electron chi connectivity index (χ4n) is 2.49. The molecule has 0 saturated carbocycles. The topological polar surface area (TPSA) is 32.6 Å². The van der Waals surface area contributed by atoms with Gasteiger partial charge in [0.1, 0.15) is 0 Å². The summed E-state index contributed by atoms with van der Waals surface area (Å²) in [5, 5.41) is 0.955. The zero-order valence-corrected chi connectivity index (χ0v) is 11.0. The van der Waals surface area contributed by atoms with Gasteiger partial charge in [-0.25, -0.2) is 0 Å². The Morgan fingerprint density at radius 2 is 2.19 bits per heavy atom. The monoisotopic (exact) mass is 235 g/mol. The van der Waals surface area contributed by atoms with Crippen LogP contribution in [0.5, 0.6) is 0 Å². The maximum atomic E-state index is 9.38. The second-order valence-electron chi connectivity index (χ2n) is 5.16. The van der Waals surface area contributed by atoms with Crippen molar-refractivity contribution >= 4 is 26.0 Å². The summed E-state index contributed by atoms with van der Waals surface area (Å²) in [6, 6.07) is 6.11. The fourth-order valence-corrected chi connectivity index (χ4v) is 2.96. The first-order chi connectivity index (χ1) is 7.54. The average Bonchev–Trinajstić information content (AvgIpc) is 2.35. The molecule has 1 N–H and O–H groups in total. The van der Waals surface area contributed by atoms with Gasteiger partial charge in [0.2, 0.25) is 0 Å². The van der Waals surface area contributed by atoms with Crippen LogP contribution in [0, 0.1) is 5.92 Å². The van der Waals surface area contributed by atoms with Crippen LogP contribution >= 0.6 is 8.81 Å². The Balaban J connectivity index is 2.61. The SMILES string of the molecule is CC1C=Nc2c(PO)cccc2C(C)(C)C1. The normalized spacial score (nSPS) is 23.4. The summed E-state index contributed by atoms with van der Waals surface area (Å²) in [5.41, 5.74) is 2.37. The number of rotatable bonds is 1. The smallest absolute Gasteiger partial charge is 0.0760 e. The lowest BCUT2D eigenvalue weighted by Gasteiger charge is -2.27. The Labute approximate surface area is 98.7 Å². The van der Waals surface area contributed by atoms with Gasteiger partial charge in [0.15, 0.2) is 0 Å². The van der Waals surface area contributed by atoms with Gasteiger partial charge in [0, 0.05) is 20.3 Å². The van der Waals surface area contributed by atoms with Crippen LogP contribution in [-0.2, 0) is 5.41 Å². The molecule has 1 aliphatic heterocycles. The molecule has 2 rings (SSSR count). The van der Waals surface area contributed by atoms with E-state index in [1.165, 1.54) is 5.56 Å². The van der Waals surface area contributed by atoms with Crippen LogP contribution in [0.25, 0.3) is 0 Å². The number of aliphatic imine (C=N–C) groups is 1. The van der Waals surface area contributed by atoms with Gasteiger partial charge in [0.05, 0.1) is 5.69 Å². The quantitative estimate of drug-likeness (QED) is 0.746. The van der Waals surface area contributed by atoms with Crippen LogP contribution < -0.4 is 5.30 Å². The molecule has 16 heavy (non-hydrogen) atoms. The first kappa shape index (κ1) is 11.8. The Morgan fingerprint density at radius 3 is 2.88 bits per heavy atom. The Morgan fingerprint density at radius 1 is 1.44 bits per heavy atom. The van der Waals surface area contributed by atoms with Crippen LogP contribution in [0.2, 0.25) is 0 Å². The van der Waals surface area contributed by atoms with Gasteiger partial charge in [-0.15, -0.1) is 0 Å². The summed E-state index contributed by atoms with van der Waals surface area (Å²) in [7, 11) is -0.180. The van der Waals surface area contributed by atoms with E-state index < -0.39 is 0 Å². The van der Waals surface area contributed by atoms with Gasteiger partial charge in [-0.2, -0.15) is 0 Å². The van der Waals surface area contributed by atoms with E-state index in [1.54, 1.807) is 0 Å². The van der Waals surface area contributed by atoms with E-state index in [1.807, 2.05) is 18.3 Å². The number of hydrogen-bond donors (Lipinski definition) is 1. The summed E-state index contributed by atoms with van der Waals surface area (Å²) in [5.74, 6) is 0.484. The van der Waals surface area contributed by atoms with E-state index in [0.29, 0.717) is 5.92 Å². The third-order valence-corrected chi connectivity index (χ3v) is 3.82. The molecular weight excluding hydrogens is 217 g/mol. The largest absolute Gasteiger partial charge is 0.372 e. The predicted molar refractivity (Wildman–Crippen MR) is 71.6 cm³/mol. The zero-order chi connectivity index (χ0) is 11.8. The molecule has 1 heterocycles. The van der Waals surface area contributed by atoms with Crippen LogP contribution in [0.15, 0.2) is 23.2 Å². The molecule has 0 saturated heterocycles. The van der Waals surface area contributed by atoms with Crippen molar-refractivity contribution in [1.82, 2.24) is 0 Å². The Hall–Kier alpha value is -0.720. The highest BCUT2D eigenvalue weighted by atomic mass is 31.1. The lowest BCUT2D eigenvalue weighted by molar-refractivity contribution is 0.444. The number of fused-ring (bicyclic) bond motifs is 1. The van der Waals surface area contributed by atoms with Gasteiger partial charge >= 0.3 is 0 Å². The summed E-state index contributed by atoms with van der Waals surface area (Å²) >= 11 is 0. The molecule has 2 atom stereocenters. The average molecular weight is 235 g/mol. The predicted octanol–water partition coefficient (Wildman–Crippen LogP) is 2.92. The molecule has 1 aromatic rings. The van der Waals surface area contributed by atoms with E-state index in [4.69, 9.17) is 0 Å². The van der Waals surface area contributed by atoms with E-state index >= 15 is 0 Å². The van der Waals surface area contributed by atoms with Crippen molar-refractivity contribution in [2.75, 3.05) is 0 Å². The second kappa shape index (κ2) is 4.27. The van der Waals surface area contributed by atoms with Crippen molar-refractivity contribution in [2.45, 2.75) is 32.6 Å². The number of nitrogens with zero attached hydrogens (tertiary/aromatic N) is 1. The van der Waals surface area contributed by atoms with Crippen LogP contribution in [0.4, 0.5) is 5.69 Å². The van der Waals surface area contributed by atoms with Gasteiger partial charge in [-0.05, 0) is 23.3 Å². The molecule has 0 radical (unpaired) electrons. The number of benzene rings is 1. The van der Waals surface area contributed by atoms with Gasteiger partial charge in [0.25, 0.3) is 0 Å². The van der Waals surface area contributed by atoms with Crippen LogP contribution in [-0.4, -0.2) is 11.1 Å². The van der Waals surface area contributed by atoms with Gasteiger partial charge in [-0.1, -0.05) is 39.0 Å². The van der Waals surface area contributed by atoms with E-state index in [9.17, 15) is 4.89 Å². The van der Waals surface area contributed by atoms with Crippen LogP contribution in [0.1, 0.15) is 32.8 Å². The molecule has 3 heteroatoms. The Bertz CT molecular complexity index is 426. The third kappa shape index (κ3) is 2.05. The van der Waals surface area contributed by atoms with E-state index in [-0.39, 0.29) is 14.2 Å². The standard InChI is InChI=1S/C13H18NOP/c1-9-7-13(2,3)10-5-4-6-11(16-15)12(10)14-8-9/h4-6,8-9,15-16H,7H2,1-3H3. The van der Waals surface area contributed by atoms with Crippen molar-refractivity contribution in [3.8, 4) is 0 Å². The van der Waals surface area contributed by atoms with Crippen LogP contribution in [0.3, 0.4) is 0 Å². The molecule has 1 aromatic carbocycles. The minimum atomic E-state index is -0.180. The first-order valence-corrected chi connectivity index (χ1v) is 6.57. The molecule has 0 spiro atoms. The molecule has 0 aliphatic carbocycles. The van der Waals surface area contributed by atoms with Crippen molar-refractivity contribution in [2.24, 2.45) is 10.9 Å². The highest BCUT2D eigenvalue weighted by molar-refractivity contribution is 7.41. The fraction of sp³-hybridized carbons (Fsp3) is 0.462. The molecular formula is C13H18NOP. The number of para-hydroxylation sites is 1. The van der Waals surface area contributed by atoms with E-state index in [0.717, 1.165) is 17.4 Å². The minimum Gasteiger partial charge on any atom is -0.372 e. The summed E-state index contributed by atoms with van der Waals surface area (Å²) in [4.78, 5) is 13.9. The third-order valence-electron chi connectivity index (χ3n) is 3.18. The molecule has 0 amide bonds. The van der Waals surface area contributed by atoms with Crippen molar-refractivity contribution < 1.29 is 4.89 Å². The molecule has 0 aromatic heterocycles. The lowest BCUT2D eigenvalue weighted by atomic mass is 9.78. The molecule has 86 valence electrons. The molecule has 0 fully saturated rings. The molecule has 0 bridgehead atoms. The number of hydrogen-bond acceptors (Lipinski definition) is 2. The lowest BCUT2D eigenvalue weighted by Crippen LogP contribution is -2.20. The maximum absolute atomic E-state index is 9.38. The first-order valence-electron chi connectivity index (χ1n) is 5.62. The Kier molecular flexibility index (Phi) is 3.14.